The molecule has 1 aliphatic heterocycles. The lowest BCUT2D eigenvalue weighted by molar-refractivity contribution is 0.206. The van der Waals surface area contributed by atoms with Crippen LogP contribution in [0.25, 0.3) is 0 Å². The minimum absolute atomic E-state index is 0.289. The van der Waals surface area contributed by atoms with E-state index in [0.717, 1.165) is 31.7 Å². The molecular weight excluding hydrogens is 243 g/mol. The van der Waals surface area contributed by atoms with E-state index in [1.807, 2.05) is 6.07 Å². The highest BCUT2D eigenvalue weighted by molar-refractivity contribution is 5.29. The van der Waals surface area contributed by atoms with Crippen LogP contribution in [-0.4, -0.2) is 37.7 Å². The number of nitrogens with one attached hydrogen (secondary N) is 1. The number of likely N-dealkylation sites (tertiary alicyclic amines) is 1. The first-order chi connectivity index (χ1) is 9.22. The zero-order chi connectivity index (χ0) is 13.7. The Morgan fingerprint density at radius 3 is 2.68 bits per heavy atom. The van der Waals surface area contributed by atoms with E-state index in [9.17, 15) is 4.39 Å². The fraction of sp³-hybridized carbons (Fsp3) is 0.600. The van der Waals surface area contributed by atoms with Gasteiger partial charge in [0.15, 0.2) is 11.6 Å². The lowest BCUT2D eigenvalue weighted by Gasteiger charge is -2.31. The van der Waals surface area contributed by atoms with Gasteiger partial charge in [0.25, 0.3) is 0 Å². The number of benzene rings is 1. The van der Waals surface area contributed by atoms with Crippen molar-refractivity contribution in [2.75, 3.05) is 26.7 Å². The molecule has 106 valence electrons. The van der Waals surface area contributed by atoms with Crippen LogP contribution in [-0.2, 0) is 6.54 Å². The van der Waals surface area contributed by atoms with E-state index in [4.69, 9.17) is 4.74 Å². The van der Waals surface area contributed by atoms with Gasteiger partial charge in [-0.15, -0.1) is 0 Å². The number of methoxy groups -OCH3 is 1. The molecule has 0 atom stereocenters. The summed E-state index contributed by atoms with van der Waals surface area (Å²) < 4.78 is 18.5. The van der Waals surface area contributed by atoms with Gasteiger partial charge in [0.1, 0.15) is 0 Å². The maximum Gasteiger partial charge on any atom is 0.165 e. The minimum Gasteiger partial charge on any atom is -0.494 e. The van der Waals surface area contributed by atoms with Crippen LogP contribution in [0.15, 0.2) is 18.2 Å². The largest absolute Gasteiger partial charge is 0.494 e. The SMILES string of the molecule is CCN1CCC(NCc2ccc(OC)c(F)c2)CC1. The van der Waals surface area contributed by atoms with Crippen LogP contribution in [0.3, 0.4) is 0 Å². The second-order valence-electron chi connectivity index (χ2n) is 5.06. The highest BCUT2D eigenvalue weighted by Crippen LogP contribution is 2.18. The summed E-state index contributed by atoms with van der Waals surface area (Å²) in [4.78, 5) is 2.46. The Hall–Kier alpha value is -1.13. The van der Waals surface area contributed by atoms with Crippen LogP contribution in [0.5, 0.6) is 5.75 Å². The van der Waals surface area contributed by atoms with Gasteiger partial charge in [-0.25, -0.2) is 4.39 Å². The normalized spacial score (nSPS) is 17.6. The first-order valence-corrected chi connectivity index (χ1v) is 7.01. The van der Waals surface area contributed by atoms with Gasteiger partial charge in [0.05, 0.1) is 7.11 Å². The predicted octanol–water partition coefficient (Wildman–Crippen LogP) is 2.41. The maximum atomic E-state index is 13.6. The van der Waals surface area contributed by atoms with E-state index in [2.05, 4.69) is 17.1 Å². The first kappa shape index (κ1) is 14.3. The average Bonchev–Trinajstić information content (AvgIpc) is 2.46. The smallest absolute Gasteiger partial charge is 0.165 e. The van der Waals surface area contributed by atoms with E-state index < -0.39 is 0 Å². The average molecular weight is 266 g/mol. The van der Waals surface area contributed by atoms with Crippen molar-refractivity contribution in [3.8, 4) is 5.75 Å². The number of rotatable bonds is 5. The van der Waals surface area contributed by atoms with Gasteiger partial charge >= 0.3 is 0 Å². The van der Waals surface area contributed by atoms with Crippen LogP contribution < -0.4 is 10.1 Å². The van der Waals surface area contributed by atoms with Gasteiger partial charge in [0.2, 0.25) is 0 Å². The number of halogens is 1. The zero-order valence-electron chi connectivity index (χ0n) is 11.8. The number of ether oxygens (including phenoxy) is 1. The summed E-state index contributed by atoms with van der Waals surface area (Å²) in [6.07, 6.45) is 2.35. The van der Waals surface area contributed by atoms with Crippen molar-refractivity contribution < 1.29 is 9.13 Å². The van der Waals surface area contributed by atoms with Crippen molar-refractivity contribution in [3.05, 3.63) is 29.6 Å². The van der Waals surface area contributed by atoms with E-state index >= 15 is 0 Å². The molecule has 0 unspecified atom stereocenters. The lowest BCUT2D eigenvalue weighted by Crippen LogP contribution is -2.42. The van der Waals surface area contributed by atoms with Crippen LogP contribution >= 0.6 is 0 Å². The summed E-state index contributed by atoms with van der Waals surface area (Å²) in [6.45, 7) is 6.37. The van der Waals surface area contributed by atoms with Crippen molar-refractivity contribution in [1.29, 1.82) is 0 Å². The van der Waals surface area contributed by atoms with Gasteiger partial charge in [-0.1, -0.05) is 13.0 Å². The Labute approximate surface area is 114 Å². The molecule has 1 aliphatic rings. The molecule has 1 aromatic rings. The monoisotopic (exact) mass is 266 g/mol. The maximum absolute atomic E-state index is 13.6. The molecule has 2 rings (SSSR count). The molecular formula is C15H23FN2O. The van der Waals surface area contributed by atoms with Gasteiger partial charge < -0.3 is 15.0 Å². The first-order valence-electron chi connectivity index (χ1n) is 7.01. The third-order valence-corrected chi connectivity index (χ3v) is 3.85. The molecule has 0 radical (unpaired) electrons. The minimum atomic E-state index is -0.289. The molecule has 0 saturated carbocycles. The topological polar surface area (TPSA) is 24.5 Å². The van der Waals surface area contributed by atoms with Crippen LogP contribution in [0, 0.1) is 5.82 Å². The number of piperidine rings is 1. The highest BCUT2D eigenvalue weighted by atomic mass is 19.1. The van der Waals surface area contributed by atoms with Crippen LogP contribution in [0.2, 0.25) is 0 Å². The van der Waals surface area contributed by atoms with E-state index in [1.165, 1.54) is 20.0 Å². The van der Waals surface area contributed by atoms with Crippen molar-refractivity contribution in [1.82, 2.24) is 10.2 Å². The highest BCUT2D eigenvalue weighted by Gasteiger charge is 2.17. The fourth-order valence-electron chi connectivity index (χ4n) is 2.54. The molecule has 0 spiro atoms. The molecule has 1 fully saturated rings. The molecule has 1 heterocycles. The number of hydrogen-bond donors (Lipinski definition) is 1. The lowest BCUT2D eigenvalue weighted by atomic mass is 10.0. The van der Waals surface area contributed by atoms with Crippen molar-refractivity contribution in [3.63, 3.8) is 0 Å². The summed E-state index contributed by atoms with van der Waals surface area (Å²) >= 11 is 0. The van der Waals surface area contributed by atoms with Gasteiger partial charge in [0, 0.05) is 12.6 Å². The Balaban J connectivity index is 1.81. The second kappa shape index (κ2) is 6.87. The molecule has 0 amide bonds. The molecule has 19 heavy (non-hydrogen) atoms. The third kappa shape index (κ3) is 3.91. The Morgan fingerprint density at radius 2 is 2.11 bits per heavy atom. The summed E-state index contributed by atoms with van der Waals surface area (Å²) in [6, 6.07) is 5.70. The quantitative estimate of drug-likeness (QED) is 0.885. The molecule has 1 N–H and O–H groups in total. The molecule has 0 bridgehead atoms. The number of nitrogens with zero attached hydrogens (tertiary/aromatic N) is 1. The molecule has 0 aromatic heterocycles. The van der Waals surface area contributed by atoms with E-state index in [0.29, 0.717) is 11.8 Å². The van der Waals surface area contributed by atoms with E-state index in [-0.39, 0.29) is 5.82 Å². The number of hydrogen-bond acceptors (Lipinski definition) is 3. The summed E-state index contributed by atoms with van der Waals surface area (Å²) in [5.41, 5.74) is 0.969. The molecule has 3 nitrogen and oxygen atoms in total. The van der Waals surface area contributed by atoms with Gasteiger partial charge in [-0.2, -0.15) is 0 Å². The Kier molecular flexibility index (Phi) is 5.16. The standard InChI is InChI=1S/C15H23FN2O/c1-3-18-8-6-13(7-9-18)17-11-12-4-5-15(19-2)14(16)10-12/h4-5,10,13,17H,3,6-9,11H2,1-2H3. The van der Waals surface area contributed by atoms with Crippen molar-refractivity contribution >= 4 is 0 Å². The zero-order valence-corrected chi connectivity index (χ0v) is 11.8. The Bertz CT molecular complexity index is 403. The predicted molar refractivity (Wildman–Crippen MR) is 74.9 cm³/mol. The fourth-order valence-corrected chi connectivity index (χ4v) is 2.54. The van der Waals surface area contributed by atoms with Crippen molar-refractivity contribution in [2.45, 2.75) is 32.4 Å². The van der Waals surface area contributed by atoms with E-state index in [1.54, 1.807) is 12.1 Å². The molecule has 0 aliphatic carbocycles. The molecule has 1 saturated heterocycles. The third-order valence-electron chi connectivity index (χ3n) is 3.85. The van der Waals surface area contributed by atoms with Gasteiger partial charge in [-0.05, 0) is 50.2 Å². The molecule has 1 aromatic carbocycles. The van der Waals surface area contributed by atoms with Crippen LogP contribution in [0.1, 0.15) is 25.3 Å². The Morgan fingerprint density at radius 1 is 1.37 bits per heavy atom. The summed E-state index contributed by atoms with van der Waals surface area (Å²) in [5.74, 6) is 0.0163. The summed E-state index contributed by atoms with van der Waals surface area (Å²) in [7, 11) is 1.48. The van der Waals surface area contributed by atoms with Crippen LogP contribution in [0.4, 0.5) is 4.39 Å². The second-order valence-corrected chi connectivity index (χ2v) is 5.06. The van der Waals surface area contributed by atoms with Gasteiger partial charge in [-0.3, -0.25) is 0 Å². The summed E-state index contributed by atoms with van der Waals surface area (Å²) in [5, 5.41) is 3.51. The van der Waals surface area contributed by atoms with Crippen molar-refractivity contribution in [2.24, 2.45) is 0 Å². The molecule has 4 heteroatoms.